The van der Waals surface area contributed by atoms with Crippen LogP contribution in [0.2, 0.25) is 5.02 Å². The summed E-state index contributed by atoms with van der Waals surface area (Å²) in [5.74, 6) is 0.108. The van der Waals surface area contributed by atoms with Crippen molar-refractivity contribution in [3.05, 3.63) is 57.0 Å². The molecule has 0 bridgehead atoms. The Labute approximate surface area is 196 Å². The van der Waals surface area contributed by atoms with Gasteiger partial charge in [0, 0.05) is 44.5 Å². The number of hydrogen-bond acceptors (Lipinski definition) is 6. The zero-order valence-corrected chi connectivity index (χ0v) is 19.0. The van der Waals surface area contributed by atoms with E-state index < -0.39 is 5.82 Å². The number of aromatic nitrogens is 2. The highest BCUT2D eigenvalue weighted by Gasteiger charge is 2.36. The first-order valence-electron chi connectivity index (χ1n) is 11.4. The van der Waals surface area contributed by atoms with Gasteiger partial charge in [0.2, 0.25) is 10.9 Å². The number of halogens is 2. The highest BCUT2D eigenvalue weighted by atomic mass is 35.5. The molecule has 5 rings (SSSR count). The molecule has 3 aliphatic heterocycles. The average molecular weight is 477 g/mol. The number of rotatable bonds is 6. The van der Waals surface area contributed by atoms with Crippen molar-refractivity contribution in [2.75, 3.05) is 38.2 Å². The molecule has 33 heavy (non-hydrogen) atoms. The van der Waals surface area contributed by atoms with Crippen LogP contribution in [0.1, 0.15) is 35.6 Å². The Morgan fingerprint density at radius 2 is 2.12 bits per heavy atom. The molecule has 0 aliphatic carbocycles. The third-order valence-electron chi connectivity index (χ3n) is 6.60. The second-order valence-electron chi connectivity index (χ2n) is 8.78. The molecule has 0 saturated carbocycles. The molecule has 2 unspecified atom stereocenters. The van der Waals surface area contributed by atoms with Gasteiger partial charge < -0.3 is 15.4 Å². The first-order chi connectivity index (χ1) is 16.1. The van der Waals surface area contributed by atoms with E-state index >= 15 is 0 Å². The van der Waals surface area contributed by atoms with Gasteiger partial charge in [0.15, 0.2) is 0 Å². The summed E-state index contributed by atoms with van der Waals surface area (Å²) in [4.78, 5) is 23.0. The molecule has 1 aromatic carbocycles. The van der Waals surface area contributed by atoms with E-state index in [0.717, 1.165) is 47.9 Å². The van der Waals surface area contributed by atoms with E-state index in [2.05, 4.69) is 26.0 Å². The Morgan fingerprint density at radius 3 is 2.94 bits per heavy atom. The van der Waals surface area contributed by atoms with E-state index in [4.69, 9.17) is 16.3 Å². The average Bonchev–Trinajstić information content (AvgIpc) is 3.29. The Bertz CT molecular complexity index is 1020. The maximum atomic E-state index is 14.0. The maximum Gasteiger partial charge on any atom is 0.249 e. The molecular formula is C22H28ClFN7O2+. The molecule has 176 valence electrons. The summed E-state index contributed by atoms with van der Waals surface area (Å²) < 4.78 is 19.4. The lowest BCUT2D eigenvalue weighted by molar-refractivity contribution is -0.761. The van der Waals surface area contributed by atoms with E-state index in [1.54, 1.807) is 11.1 Å². The monoisotopic (exact) mass is 476 g/mol. The molecule has 3 N–H and O–H groups in total. The number of nitrogens with one attached hydrogen (secondary N) is 3. The number of fused-ring (bicyclic) bond motifs is 1. The minimum absolute atomic E-state index is 0.0390. The van der Waals surface area contributed by atoms with Crippen molar-refractivity contribution >= 4 is 17.5 Å². The van der Waals surface area contributed by atoms with Crippen molar-refractivity contribution in [3.8, 4) is 0 Å². The van der Waals surface area contributed by atoms with Crippen LogP contribution in [-0.2, 0) is 17.7 Å². The lowest BCUT2D eigenvalue weighted by Crippen LogP contribution is -2.50. The summed E-state index contributed by atoms with van der Waals surface area (Å²) in [6, 6.07) is 4.96. The van der Waals surface area contributed by atoms with Crippen molar-refractivity contribution in [3.63, 3.8) is 0 Å². The van der Waals surface area contributed by atoms with Crippen LogP contribution in [0.25, 0.3) is 0 Å². The fourth-order valence-electron chi connectivity index (χ4n) is 4.67. The normalized spacial score (nSPS) is 23.3. The van der Waals surface area contributed by atoms with Gasteiger partial charge in [-0.2, -0.15) is 0 Å². The zero-order chi connectivity index (χ0) is 22.8. The molecule has 0 amide bonds. The van der Waals surface area contributed by atoms with Gasteiger partial charge in [-0.15, -0.1) is 10.4 Å². The van der Waals surface area contributed by atoms with Crippen molar-refractivity contribution in [2.45, 2.75) is 43.8 Å². The van der Waals surface area contributed by atoms with E-state index in [-0.39, 0.29) is 17.0 Å². The number of hydrazine groups is 2. The number of anilines is 1. The molecule has 2 aromatic rings. The Hall–Kier alpha value is -2.56. The first kappa shape index (κ1) is 22.2. The number of benzene rings is 1. The van der Waals surface area contributed by atoms with Crippen LogP contribution < -0.4 is 16.1 Å². The number of nitrogens with zero attached hydrogens (tertiary/aromatic N) is 4. The number of hydrogen-bond donors (Lipinski definition) is 3. The second-order valence-corrected chi connectivity index (χ2v) is 9.19. The molecule has 0 spiro atoms. The fraction of sp³-hybridized carbons (Fsp3) is 0.545. The van der Waals surface area contributed by atoms with Crippen molar-refractivity contribution in [1.29, 1.82) is 0 Å². The lowest BCUT2D eigenvalue weighted by Gasteiger charge is -2.25. The van der Waals surface area contributed by atoms with Crippen molar-refractivity contribution in [2.24, 2.45) is 0 Å². The predicted octanol–water partition coefficient (Wildman–Crippen LogP) is 2.17. The smallest absolute Gasteiger partial charge is 0.249 e. The van der Waals surface area contributed by atoms with Gasteiger partial charge in [0.1, 0.15) is 18.4 Å². The highest BCUT2D eigenvalue weighted by Crippen LogP contribution is 2.27. The van der Waals surface area contributed by atoms with Crippen LogP contribution >= 0.6 is 11.6 Å². The highest BCUT2D eigenvalue weighted by molar-refractivity contribution is 6.30. The molecule has 2 fully saturated rings. The lowest BCUT2D eigenvalue weighted by atomic mass is 9.95. The third kappa shape index (κ3) is 5.02. The number of nitroso groups, excluding NO2 is 1. The molecule has 2 atom stereocenters. The van der Waals surface area contributed by atoms with Gasteiger partial charge in [-0.05, 0) is 42.5 Å². The predicted molar refractivity (Wildman–Crippen MR) is 121 cm³/mol. The van der Waals surface area contributed by atoms with Crippen LogP contribution in [0, 0.1) is 10.7 Å². The van der Waals surface area contributed by atoms with E-state index in [9.17, 15) is 9.30 Å². The number of ether oxygens (including phenoxy) is 1. The molecule has 2 saturated heterocycles. The topological polar surface area (TPSA) is 94.4 Å². The second kappa shape index (κ2) is 9.74. The largest absolute Gasteiger partial charge is 0.381 e. The molecule has 11 heteroatoms. The quantitative estimate of drug-likeness (QED) is 0.431. The van der Waals surface area contributed by atoms with E-state index in [1.807, 2.05) is 12.3 Å². The van der Waals surface area contributed by atoms with Crippen LogP contribution in [-0.4, -0.2) is 64.9 Å². The van der Waals surface area contributed by atoms with Gasteiger partial charge in [0.05, 0.1) is 22.2 Å². The standard InChI is InChI=1S/C22H28ClFN7O2/c23-18-2-1-14(9-19(18)24)17-11-25-12-20(17)29-31(32)30-6-3-15-10-26-22(28-21(15)13-30)27-16-4-7-33-8-5-16/h1-2,9-10,16-17,20,25H,3-8,11-13H2,(H,29,32)(H,26,27,28)/q+1. The Morgan fingerprint density at radius 1 is 1.27 bits per heavy atom. The van der Waals surface area contributed by atoms with E-state index in [1.165, 1.54) is 6.07 Å². The molecule has 1 aromatic heterocycles. The Kier molecular flexibility index (Phi) is 6.57. The molecular weight excluding hydrogens is 449 g/mol. The maximum absolute atomic E-state index is 14.0. The van der Waals surface area contributed by atoms with Crippen LogP contribution in [0.5, 0.6) is 0 Å². The minimum atomic E-state index is -0.448. The summed E-state index contributed by atoms with van der Waals surface area (Å²) >= 11 is 5.82. The van der Waals surface area contributed by atoms with Gasteiger partial charge in [-0.3, -0.25) is 0 Å². The Balaban J connectivity index is 1.23. The summed E-state index contributed by atoms with van der Waals surface area (Å²) in [5.41, 5.74) is 5.79. The van der Waals surface area contributed by atoms with Gasteiger partial charge in [-0.1, -0.05) is 17.7 Å². The molecule has 0 radical (unpaired) electrons. The molecule has 4 heterocycles. The fourth-order valence-corrected chi connectivity index (χ4v) is 4.79. The first-order valence-corrected chi connectivity index (χ1v) is 11.8. The van der Waals surface area contributed by atoms with E-state index in [0.29, 0.717) is 44.6 Å². The molecule has 3 aliphatic rings. The van der Waals surface area contributed by atoms with Crippen molar-refractivity contribution in [1.82, 2.24) is 25.7 Å². The van der Waals surface area contributed by atoms with Gasteiger partial charge in [-0.25, -0.2) is 14.4 Å². The van der Waals surface area contributed by atoms with Gasteiger partial charge >= 0.3 is 0 Å². The van der Waals surface area contributed by atoms with Crippen LogP contribution in [0.4, 0.5) is 10.3 Å². The van der Waals surface area contributed by atoms with Crippen LogP contribution in [0.3, 0.4) is 0 Å². The summed E-state index contributed by atoms with van der Waals surface area (Å²) in [5, 5.41) is 8.47. The van der Waals surface area contributed by atoms with Crippen molar-refractivity contribution < 1.29 is 14.1 Å². The third-order valence-corrected chi connectivity index (χ3v) is 6.91. The van der Waals surface area contributed by atoms with Crippen LogP contribution in [0.15, 0.2) is 24.4 Å². The van der Waals surface area contributed by atoms with Gasteiger partial charge in [0.25, 0.3) is 0 Å². The summed E-state index contributed by atoms with van der Waals surface area (Å²) in [6.45, 7) is 3.72. The SMILES string of the molecule is O=[N+](NC1CNCC1c1ccc(Cl)c(F)c1)N1CCc2cnc(NC3CCOCC3)nc2C1. The summed E-state index contributed by atoms with van der Waals surface area (Å²) in [6.07, 6.45) is 4.41. The summed E-state index contributed by atoms with van der Waals surface area (Å²) in [7, 11) is 0. The molecule has 9 nitrogen and oxygen atoms in total. The zero-order valence-electron chi connectivity index (χ0n) is 18.3. The minimum Gasteiger partial charge on any atom is -0.381 e.